The maximum atomic E-state index is 11.5. The zero-order valence-electron chi connectivity index (χ0n) is 11.2. The second-order valence-electron chi connectivity index (χ2n) is 5.18. The van der Waals surface area contributed by atoms with E-state index in [9.17, 15) is 4.79 Å². The highest BCUT2D eigenvalue weighted by Crippen LogP contribution is 2.36. The first-order chi connectivity index (χ1) is 8.16. The summed E-state index contributed by atoms with van der Waals surface area (Å²) in [4.78, 5) is 11.5. The largest absolute Gasteiger partial charge is 0.382 e. The summed E-state index contributed by atoms with van der Waals surface area (Å²) in [6, 6.07) is -0.0466. The SMILES string of the molecule is CCOCCCNC(=O)NCC1(C)CCCC1. The molecule has 0 atom stereocenters. The third kappa shape index (κ3) is 5.91. The maximum Gasteiger partial charge on any atom is 0.314 e. The van der Waals surface area contributed by atoms with Crippen LogP contribution in [0.1, 0.15) is 46.0 Å². The maximum absolute atomic E-state index is 11.5. The smallest absolute Gasteiger partial charge is 0.314 e. The van der Waals surface area contributed by atoms with Crippen molar-refractivity contribution >= 4 is 6.03 Å². The average molecular weight is 242 g/mol. The molecule has 2 N–H and O–H groups in total. The van der Waals surface area contributed by atoms with E-state index in [0.717, 1.165) is 19.6 Å². The predicted octanol–water partition coefficient (Wildman–Crippen LogP) is 2.29. The van der Waals surface area contributed by atoms with Gasteiger partial charge >= 0.3 is 6.03 Å². The minimum Gasteiger partial charge on any atom is -0.382 e. The first-order valence-corrected chi connectivity index (χ1v) is 6.76. The fourth-order valence-electron chi connectivity index (χ4n) is 2.28. The van der Waals surface area contributed by atoms with Crippen molar-refractivity contribution in [3.8, 4) is 0 Å². The Balaban J connectivity index is 2.01. The topological polar surface area (TPSA) is 50.4 Å². The molecule has 0 aliphatic heterocycles. The molecule has 1 aliphatic rings. The van der Waals surface area contributed by atoms with Crippen molar-refractivity contribution < 1.29 is 9.53 Å². The summed E-state index contributed by atoms with van der Waals surface area (Å²) < 4.78 is 5.20. The van der Waals surface area contributed by atoms with Crippen LogP contribution in [0.3, 0.4) is 0 Å². The predicted molar refractivity (Wildman–Crippen MR) is 69.1 cm³/mol. The van der Waals surface area contributed by atoms with Crippen LogP contribution in [0.15, 0.2) is 0 Å². The molecule has 0 aromatic rings. The van der Waals surface area contributed by atoms with E-state index in [1.807, 2.05) is 6.92 Å². The summed E-state index contributed by atoms with van der Waals surface area (Å²) in [6.45, 7) is 7.17. The monoisotopic (exact) mass is 242 g/mol. The molecule has 4 nitrogen and oxygen atoms in total. The van der Waals surface area contributed by atoms with Gasteiger partial charge in [0.2, 0.25) is 0 Å². The quantitative estimate of drug-likeness (QED) is 0.673. The average Bonchev–Trinajstić information content (AvgIpc) is 2.74. The van der Waals surface area contributed by atoms with Crippen molar-refractivity contribution in [3.05, 3.63) is 0 Å². The lowest BCUT2D eigenvalue weighted by atomic mass is 9.89. The van der Waals surface area contributed by atoms with Crippen LogP contribution in [0.25, 0.3) is 0 Å². The summed E-state index contributed by atoms with van der Waals surface area (Å²) in [5, 5.41) is 5.82. The van der Waals surface area contributed by atoms with Gasteiger partial charge in [-0.3, -0.25) is 0 Å². The molecule has 1 aliphatic carbocycles. The highest BCUT2D eigenvalue weighted by atomic mass is 16.5. The van der Waals surface area contributed by atoms with Crippen molar-refractivity contribution in [2.75, 3.05) is 26.3 Å². The molecule has 0 spiro atoms. The Bertz CT molecular complexity index is 225. The van der Waals surface area contributed by atoms with Crippen LogP contribution in [0.4, 0.5) is 4.79 Å². The van der Waals surface area contributed by atoms with Gasteiger partial charge in [-0.05, 0) is 31.6 Å². The fraction of sp³-hybridized carbons (Fsp3) is 0.923. The number of carbonyl (C=O) groups is 1. The van der Waals surface area contributed by atoms with Gasteiger partial charge in [0.15, 0.2) is 0 Å². The van der Waals surface area contributed by atoms with E-state index in [1.54, 1.807) is 0 Å². The second kappa shape index (κ2) is 7.54. The summed E-state index contributed by atoms with van der Waals surface area (Å²) in [7, 11) is 0. The van der Waals surface area contributed by atoms with Crippen LogP contribution < -0.4 is 10.6 Å². The van der Waals surface area contributed by atoms with E-state index in [0.29, 0.717) is 18.6 Å². The Labute approximate surface area is 104 Å². The molecule has 2 amide bonds. The number of hydrogen-bond donors (Lipinski definition) is 2. The molecule has 0 unspecified atom stereocenters. The van der Waals surface area contributed by atoms with Gasteiger partial charge in [0.25, 0.3) is 0 Å². The van der Waals surface area contributed by atoms with E-state index >= 15 is 0 Å². The van der Waals surface area contributed by atoms with Gasteiger partial charge in [-0.1, -0.05) is 19.8 Å². The first kappa shape index (κ1) is 14.3. The minimum atomic E-state index is -0.0466. The van der Waals surface area contributed by atoms with Crippen LogP contribution in [-0.2, 0) is 4.74 Å². The Kier molecular flexibility index (Phi) is 6.34. The van der Waals surface area contributed by atoms with Crippen molar-refractivity contribution in [2.24, 2.45) is 5.41 Å². The molecule has 100 valence electrons. The van der Waals surface area contributed by atoms with E-state index in [-0.39, 0.29) is 6.03 Å². The Hall–Kier alpha value is -0.770. The molecule has 0 bridgehead atoms. The molecule has 0 aromatic carbocycles. The summed E-state index contributed by atoms with van der Waals surface area (Å²) in [6.07, 6.45) is 5.94. The Morgan fingerprint density at radius 1 is 1.29 bits per heavy atom. The highest BCUT2D eigenvalue weighted by Gasteiger charge is 2.28. The van der Waals surface area contributed by atoms with Crippen molar-refractivity contribution in [1.82, 2.24) is 10.6 Å². The summed E-state index contributed by atoms with van der Waals surface area (Å²) in [5.74, 6) is 0. The van der Waals surface area contributed by atoms with Crippen LogP contribution in [0.5, 0.6) is 0 Å². The molecular formula is C13H26N2O2. The molecule has 1 fully saturated rings. The number of nitrogens with one attached hydrogen (secondary N) is 2. The standard InChI is InChI=1S/C13H26N2O2/c1-3-17-10-6-9-14-12(16)15-11-13(2)7-4-5-8-13/h3-11H2,1-2H3,(H2,14,15,16). The molecule has 1 saturated carbocycles. The Morgan fingerprint density at radius 2 is 2.00 bits per heavy atom. The number of carbonyl (C=O) groups excluding carboxylic acids is 1. The zero-order chi connectivity index (χ0) is 12.6. The van der Waals surface area contributed by atoms with Crippen LogP contribution in [0, 0.1) is 5.41 Å². The van der Waals surface area contributed by atoms with Gasteiger partial charge in [0.05, 0.1) is 0 Å². The molecule has 1 rings (SSSR count). The van der Waals surface area contributed by atoms with Crippen LogP contribution >= 0.6 is 0 Å². The van der Waals surface area contributed by atoms with Crippen molar-refractivity contribution in [3.63, 3.8) is 0 Å². The van der Waals surface area contributed by atoms with Gasteiger partial charge in [-0.2, -0.15) is 0 Å². The lowest BCUT2D eigenvalue weighted by molar-refractivity contribution is 0.145. The number of urea groups is 1. The van der Waals surface area contributed by atoms with Crippen molar-refractivity contribution in [2.45, 2.75) is 46.0 Å². The minimum absolute atomic E-state index is 0.0466. The molecule has 0 aromatic heterocycles. The third-order valence-electron chi connectivity index (χ3n) is 3.44. The molecule has 0 saturated heterocycles. The van der Waals surface area contributed by atoms with E-state index in [1.165, 1.54) is 25.7 Å². The van der Waals surface area contributed by atoms with E-state index in [2.05, 4.69) is 17.6 Å². The van der Waals surface area contributed by atoms with E-state index < -0.39 is 0 Å². The molecular weight excluding hydrogens is 216 g/mol. The zero-order valence-corrected chi connectivity index (χ0v) is 11.2. The van der Waals surface area contributed by atoms with Gasteiger partial charge in [-0.25, -0.2) is 4.79 Å². The van der Waals surface area contributed by atoms with Gasteiger partial charge in [-0.15, -0.1) is 0 Å². The third-order valence-corrected chi connectivity index (χ3v) is 3.44. The lowest BCUT2D eigenvalue weighted by Crippen LogP contribution is -2.41. The van der Waals surface area contributed by atoms with Crippen molar-refractivity contribution in [1.29, 1.82) is 0 Å². The molecule has 0 heterocycles. The number of hydrogen-bond acceptors (Lipinski definition) is 2. The van der Waals surface area contributed by atoms with Crippen LogP contribution in [0.2, 0.25) is 0 Å². The molecule has 0 radical (unpaired) electrons. The summed E-state index contributed by atoms with van der Waals surface area (Å²) in [5.41, 5.74) is 0.322. The molecule has 17 heavy (non-hydrogen) atoms. The van der Waals surface area contributed by atoms with Gasteiger partial charge < -0.3 is 15.4 Å². The number of ether oxygens (including phenoxy) is 1. The second-order valence-corrected chi connectivity index (χ2v) is 5.18. The number of amides is 2. The fourth-order valence-corrected chi connectivity index (χ4v) is 2.28. The van der Waals surface area contributed by atoms with Gasteiger partial charge in [0, 0.05) is 26.3 Å². The van der Waals surface area contributed by atoms with E-state index in [4.69, 9.17) is 4.74 Å². The first-order valence-electron chi connectivity index (χ1n) is 6.76. The normalized spacial score (nSPS) is 18.0. The lowest BCUT2D eigenvalue weighted by Gasteiger charge is -2.23. The van der Waals surface area contributed by atoms with Crippen LogP contribution in [-0.4, -0.2) is 32.3 Å². The Morgan fingerprint density at radius 3 is 2.65 bits per heavy atom. The highest BCUT2D eigenvalue weighted by molar-refractivity contribution is 5.73. The summed E-state index contributed by atoms with van der Waals surface area (Å²) >= 11 is 0. The molecule has 4 heteroatoms. The van der Waals surface area contributed by atoms with Gasteiger partial charge in [0.1, 0.15) is 0 Å². The number of rotatable bonds is 7.